The molecule has 9 atom stereocenters. The Morgan fingerprint density at radius 3 is 0.717 bits per heavy atom. The number of aliphatic hydroxyl groups is 1. The Balaban J connectivity index is 5.24. The average Bonchev–Trinajstić information content (AvgIpc) is 3.22. The zero-order valence-electron chi connectivity index (χ0n) is 60.2. The Morgan fingerprint density at radius 2 is 0.489 bits per heavy atom. The molecule has 0 saturated carbocycles. The first-order valence-corrected chi connectivity index (χ1v) is 40.8. The quantitative estimate of drug-likeness (QED) is 0.0222. The average molecular weight is 1350 g/mol. The van der Waals surface area contributed by atoms with Crippen LogP contribution < -0.4 is 0 Å². The van der Waals surface area contributed by atoms with Crippen molar-refractivity contribution >= 4 is 39.5 Å². The van der Waals surface area contributed by atoms with E-state index >= 15 is 0 Å². The lowest BCUT2D eigenvalue weighted by molar-refractivity contribution is -0.161. The van der Waals surface area contributed by atoms with Gasteiger partial charge in [0.25, 0.3) is 0 Å². The fourth-order valence-corrected chi connectivity index (χ4v) is 12.5. The van der Waals surface area contributed by atoms with Gasteiger partial charge in [-0.15, -0.1) is 0 Å². The third-order valence-electron chi connectivity index (χ3n) is 18.3. The lowest BCUT2D eigenvalue weighted by atomic mass is 9.99. The predicted octanol–water partition coefficient (Wildman–Crippen LogP) is 20.9. The Bertz CT molecular complexity index is 1820. The molecule has 0 radical (unpaired) electrons. The summed E-state index contributed by atoms with van der Waals surface area (Å²) in [6, 6.07) is 0. The monoisotopic (exact) mass is 1350 g/mol. The van der Waals surface area contributed by atoms with Gasteiger partial charge in [0.2, 0.25) is 0 Å². The molecule has 6 unspecified atom stereocenters. The fraction of sp³-hybridized carbons (Fsp3) is 0.945. The van der Waals surface area contributed by atoms with E-state index in [0.717, 1.165) is 120 Å². The molecule has 19 heteroatoms. The molecule has 0 aliphatic carbocycles. The molecule has 3 N–H and O–H groups in total. The van der Waals surface area contributed by atoms with Gasteiger partial charge in [-0.1, -0.05) is 312 Å². The Kier molecular flexibility index (Phi) is 61.3. The molecule has 0 aromatic heterocycles. The van der Waals surface area contributed by atoms with Gasteiger partial charge in [0, 0.05) is 25.7 Å². The largest absolute Gasteiger partial charge is 0.472 e. The minimum absolute atomic E-state index is 0.102. The van der Waals surface area contributed by atoms with Crippen LogP contribution in [0.3, 0.4) is 0 Å². The number of ether oxygens (including phenoxy) is 4. The van der Waals surface area contributed by atoms with Crippen molar-refractivity contribution < 1.29 is 80.2 Å². The molecule has 0 rings (SSSR count). The number of carbonyl (C=O) groups excluding carboxylic acids is 4. The van der Waals surface area contributed by atoms with E-state index in [4.69, 9.17) is 37.0 Å². The van der Waals surface area contributed by atoms with Crippen LogP contribution in [0, 0.1) is 23.7 Å². The second-order valence-electron chi connectivity index (χ2n) is 27.3. The predicted molar refractivity (Wildman–Crippen MR) is 372 cm³/mol. The molecule has 0 spiro atoms. The summed E-state index contributed by atoms with van der Waals surface area (Å²) in [6.45, 7) is 14.2. The molecule has 546 valence electrons. The molecule has 17 nitrogen and oxygen atoms in total. The molecule has 0 aliphatic heterocycles. The highest BCUT2D eigenvalue weighted by Gasteiger charge is 2.30. The second-order valence-corrected chi connectivity index (χ2v) is 30.2. The molecule has 0 aromatic carbocycles. The number of hydrogen-bond acceptors (Lipinski definition) is 15. The molecule has 92 heavy (non-hydrogen) atoms. The van der Waals surface area contributed by atoms with Crippen LogP contribution in [0.25, 0.3) is 0 Å². The molecule has 0 saturated heterocycles. The van der Waals surface area contributed by atoms with E-state index in [-0.39, 0.29) is 25.7 Å². The first-order chi connectivity index (χ1) is 44.2. The molecule has 0 bridgehead atoms. The first kappa shape index (κ1) is 90.1. The van der Waals surface area contributed by atoms with Gasteiger partial charge in [-0.25, -0.2) is 9.13 Å². The molecule has 0 amide bonds. The lowest BCUT2D eigenvalue weighted by Crippen LogP contribution is -2.30. The maximum absolute atomic E-state index is 13.1. The molecule has 0 aromatic rings. The lowest BCUT2D eigenvalue weighted by Gasteiger charge is -2.21. The molecule has 0 fully saturated rings. The Labute approximate surface area is 562 Å². The van der Waals surface area contributed by atoms with Crippen LogP contribution in [0.5, 0.6) is 0 Å². The number of rotatable bonds is 70. The van der Waals surface area contributed by atoms with Gasteiger partial charge < -0.3 is 33.8 Å². The molecular formula is C73H142O17P2. The Hall–Kier alpha value is -1.94. The maximum Gasteiger partial charge on any atom is 0.472 e. The van der Waals surface area contributed by atoms with Crippen molar-refractivity contribution in [3.8, 4) is 0 Å². The summed E-state index contributed by atoms with van der Waals surface area (Å²) in [4.78, 5) is 72.6. The number of phosphoric acid groups is 2. The summed E-state index contributed by atoms with van der Waals surface area (Å²) >= 11 is 0. The summed E-state index contributed by atoms with van der Waals surface area (Å²) in [6.07, 6.45) is 45.8. The number of esters is 4. The summed E-state index contributed by atoms with van der Waals surface area (Å²) in [5, 5.41) is 10.6. The van der Waals surface area contributed by atoms with Crippen molar-refractivity contribution in [1.82, 2.24) is 0 Å². The van der Waals surface area contributed by atoms with Gasteiger partial charge in [-0.05, 0) is 49.4 Å². The number of aliphatic hydroxyl groups excluding tert-OH is 1. The van der Waals surface area contributed by atoms with Crippen molar-refractivity contribution in [2.45, 2.75) is 382 Å². The van der Waals surface area contributed by atoms with Crippen molar-refractivity contribution in [3.63, 3.8) is 0 Å². The van der Waals surface area contributed by atoms with Gasteiger partial charge >= 0.3 is 39.5 Å². The smallest absolute Gasteiger partial charge is 0.462 e. The first-order valence-electron chi connectivity index (χ1n) is 37.9. The number of phosphoric ester groups is 2. The molecule has 0 heterocycles. The zero-order chi connectivity index (χ0) is 68.2. The van der Waals surface area contributed by atoms with Crippen LogP contribution in [0.1, 0.15) is 364 Å². The second kappa shape index (κ2) is 62.6. The normalized spacial score (nSPS) is 15.4. The third kappa shape index (κ3) is 61.6. The maximum atomic E-state index is 13.1. The molecular weight excluding hydrogens is 1210 g/mol. The number of carbonyl (C=O) groups is 4. The van der Waals surface area contributed by atoms with Crippen molar-refractivity contribution in [3.05, 3.63) is 0 Å². The van der Waals surface area contributed by atoms with Crippen LogP contribution >= 0.6 is 15.6 Å². The topological polar surface area (TPSA) is 237 Å². The highest BCUT2D eigenvalue weighted by Crippen LogP contribution is 2.45. The van der Waals surface area contributed by atoms with Gasteiger partial charge in [-0.3, -0.25) is 37.3 Å². The number of hydrogen-bond donors (Lipinski definition) is 3. The van der Waals surface area contributed by atoms with Crippen molar-refractivity contribution in [1.29, 1.82) is 0 Å². The van der Waals surface area contributed by atoms with Crippen molar-refractivity contribution in [2.75, 3.05) is 39.6 Å². The molecule has 0 aliphatic rings. The summed E-state index contributed by atoms with van der Waals surface area (Å²) in [7, 11) is -9.91. The van der Waals surface area contributed by atoms with E-state index in [1.165, 1.54) is 161 Å². The van der Waals surface area contributed by atoms with E-state index in [9.17, 15) is 43.2 Å². The van der Waals surface area contributed by atoms with Crippen LogP contribution in [0.15, 0.2) is 0 Å². The van der Waals surface area contributed by atoms with Crippen LogP contribution in [-0.4, -0.2) is 96.7 Å². The zero-order valence-corrected chi connectivity index (χ0v) is 62.0. The van der Waals surface area contributed by atoms with E-state index in [0.29, 0.717) is 25.7 Å². The standard InChI is InChI=1S/C73H142O17P2/c1-9-63(5)49-41-33-25-21-17-15-13-14-16-18-23-27-37-45-53-70(75)83-59-68(89-72(77)55-47-39-28-24-20-19-22-26-34-42-50-64(6)10-2)61-87-91(79,80)85-57-67(74)58-86-92(81,82)88-62-69(90-73(78)56-48-40-32-30-36-44-52-66(8)12-4)60-84-71(76)54-46-38-31-29-35-43-51-65(7)11-3/h63-69,74H,9-62H2,1-8H3,(H,79,80)(H,81,82)/t63?,64?,65?,66?,67-,68-,69-/m1/s1. The van der Waals surface area contributed by atoms with Gasteiger partial charge in [-0.2, -0.15) is 0 Å². The van der Waals surface area contributed by atoms with Crippen molar-refractivity contribution in [2.24, 2.45) is 23.7 Å². The Morgan fingerprint density at radius 1 is 0.293 bits per heavy atom. The SMILES string of the molecule is CCC(C)CCCCCCCCCCCCCCCCC(=O)OC[C@H](COP(=O)(O)OC[C@@H](O)COP(=O)(O)OC[C@@H](COC(=O)CCCCCCCCC(C)CC)OC(=O)CCCCCCCCC(C)CC)OC(=O)CCCCCCCCCCCCC(C)CC. The summed E-state index contributed by atoms with van der Waals surface area (Å²) in [5.41, 5.74) is 0. The van der Waals surface area contributed by atoms with Gasteiger partial charge in [0.1, 0.15) is 19.3 Å². The van der Waals surface area contributed by atoms with Gasteiger partial charge in [0.05, 0.1) is 26.4 Å². The highest BCUT2D eigenvalue weighted by molar-refractivity contribution is 7.47. The van der Waals surface area contributed by atoms with E-state index in [1.807, 2.05) is 0 Å². The van der Waals surface area contributed by atoms with Crippen LogP contribution in [0.4, 0.5) is 0 Å². The van der Waals surface area contributed by atoms with Crippen LogP contribution in [-0.2, 0) is 65.4 Å². The summed E-state index contributed by atoms with van der Waals surface area (Å²) in [5.74, 6) is 0.975. The van der Waals surface area contributed by atoms with Crippen LogP contribution in [0.2, 0.25) is 0 Å². The highest BCUT2D eigenvalue weighted by atomic mass is 31.2. The van der Waals surface area contributed by atoms with E-state index in [2.05, 4.69) is 55.4 Å². The number of unbranched alkanes of at least 4 members (excludes halogenated alkanes) is 32. The minimum atomic E-state index is -4.96. The van der Waals surface area contributed by atoms with E-state index < -0.39 is 97.5 Å². The third-order valence-corrected chi connectivity index (χ3v) is 20.2. The fourth-order valence-electron chi connectivity index (χ4n) is 10.9. The van der Waals surface area contributed by atoms with Gasteiger partial charge in [0.15, 0.2) is 12.2 Å². The van der Waals surface area contributed by atoms with E-state index in [1.54, 1.807) is 0 Å². The minimum Gasteiger partial charge on any atom is -0.462 e. The summed E-state index contributed by atoms with van der Waals surface area (Å²) < 4.78 is 68.4.